The van der Waals surface area contributed by atoms with E-state index in [2.05, 4.69) is 17.6 Å². The van der Waals surface area contributed by atoms with Crippen LogP contribution in [-0.4, -0.2) is 29.7 Å². The second kappa shape index (κ2) is 5.72. The Hall–Kier alpha value is -1.26. The van der Waals surface area contributed by atoms with Gasteiger partial charge in [-0.05, 0) is 24.7 Å². The highest BCUT2D eigenvalue weighted by molar-refractivity contribution is 5.82. The first kappa shape index (κ1) is 12.8. The van der Waals surface area contributed by atoms with E-state index in [1.54, 1.807) is 0 Å². The molecule has 3 atom stereocenters. The summed E-state index contributed by atoms with van der Waals surface area (Å²) < 4.78 is 0. The molecule has 0 heterocycles. The third-order valence-corrected chi connectivity index (χ3v) is 2.98. The Labute approximate surface area is 95.6 Å². The molecule has 3 N–H and O–H groups in total. The van der Waals surface area contributed by atoms with Crippen molar-refractivity contribution in [2.24, 2.45) is 11.8 Å². The van der Waals surface area contributed by atoms with Crippen LogP contribution in [0.1, 0.15) is 33.1 Å². The topological polar surface area (TPSA) is 78.4 Å². The molecule has 92 valence electrons. The van der Waals surface area contributed by atoms with Gasteiger partial charge in [-0.1, -0.05) is 20.3 Å². The predicted molar refractivity (Wildman–Crippen MR) is 60.1 cm³/mol. The fraction of sp³-hybridized carbons (Fsp3) is 0.818. The maximum absolute atomic E-state index is 11.4. The monoisotopic (exact) mass is 228 g/mol. The maximum atomic E-state index is 11.4. The minimum Gasteiger partial charge on any atom is -0.480 e. The summed E-state index contributed by atoms with van der Waals surface area (Å²) in [7, 11) is 0. The summed E-state index contributed by atoms with van der Waals surface area (Å²) in [6.45, 7) is 4.67. The van der Waals surface area contributed by atoms with E-state index in [4.69, 9.17) is 5.11 Å². The van der Waals surface area contributed by atoms with E-state index < -0.39 is 12.0 Å². The largest absolute Gasteiger partial charge is 0.480 e. The van der Waals surface area contributed by atoms with Gasteiger partial charge in [0.05, 0.1) is 0 Å². The lowest BCUT2D eigenvalue weighted by atomic mass is 10.2. The Morgan fingerprint density at radius 3 is 2.56 bits per heavy atom. The Balaban J connectivity index is 2.22. The number of hydrogen-bond acceptors (Lipinski definition) is 2. The molecule has 0 aromatic rings. The van der Waals surface area contributed by atoms with E-state index >= 15 is 0 Å². The number of amides is 2. The van der Waals surface area contributed by atoms with Crippen molar-refractivity contribution in [2.45, 2.75) is 39.2 Å². The highest BCUT2D eigenvalue weighted by Gasteiger charge is 2.32. The molecular formula is C11H20N2O3. The zero-order valence-electron chi connectivity index (χ0n) is 9.82. The minimum atomic E-state index is -0.975. The van der Waals surface area contributed by atoms with Crippen molar-refractivity contribution in [3.63, 3.8) is 0 Å². The van der Waals surface area contributed by atoms with Gasteiger partial charge in [-0.3, -0.25) is 0 Å². The molecule has 0 radical (unpaired) electrons. The first-order valence-corrected chi connectivity index (χ1v) is 5.81. The predicted octanol–water partition coefficient (Wildman–Crippen LogP) is 1.19. The number of hydrogen-bond donors (Lipinski definition) is 3. The number of nitrogens with one attached hydrogen (secondary N) is 2. The summed E-state index contributed by atoms with van der Waals surface area (Å²) in [5.41, 5.74) is 0. The van der Waals surface area contributed by atoms with Crippen LogP contribution in [0.4, 0.5) is 4.79 Å². The van der Waals surface area contributed by atoms with Crippen LogP contribution in [0.3, 0.4) is 0 Å². The summed E-state index contributed by atoms with van der Waals surface area (Å²) >= 11 is 0. The number of aliphatic carboxylic acids is 1. The van der Waals surface area contributed by atoms with E-state index in [0.717, 1.165) is 12.8 Å². The minimum absolute atomic E-state index is 0.375. The highest BCUT2D eigenvalue weighted by Crippen LogP contribution is 2.36. The van der Waals surface area contributed by atoms with Crippen LogP contribution in [0.15, 0.2) is 0 Å². The van der Waals surface area contributed by atoms with Gasteiger partial charge in [0.25, 0.3) is 0 Å². The van der Waals surface area contributed by atoms with Gasteiger partial charge in [0.2, 0.25) is 0 Å². The Bertz CT molecular complexity index is 268. The summed E-state index contributed by atoms with van der Waals surface area (Å²) in [5.74, 6) is 0.281. The van der Waals surface area contributed by atoms with Crippen LogP contribution in [0.25, 0.3) is 0 Å². The standard InChI is InChI=1S/C11H20N2O3/c1-3-4-9(10(14)15)13-11(16)12-6-8-5-7(8)2/h7-9H,3-6H2,1-2H3,(H,14,15)(H2,12,13,16)/t7?,8?,9-/m0/s1. The molecule has 0 spiro atoms. The molecule has 0 saturated heterocycles. The first-order valence-electron chi connectivity index (χ1n) is 5.81. The molecule has 5 heteroatoms. The lowest BCUT2D eigenvalue weighted by Crippen LogP contribution is -2.46. The molecule has 0 aromatic heterocycles. The van der Waals surface area contributed by atoms with Crippen molar-refractivity contribution in [1.82, 2.24) is 10.6 Å². The van der Waals surface area contributed by atoms with Gasteiger partial charge in [0, 0.05) is 6.54 Å². The van der Waals surface area contributed by atoms with Crippen LogP contribution in [0, 0.1) is 11.8 Å². The molecule has 0 bridgehead atoms. The quantitative estimate of drug-likeness (QED) is 0.639. The summed E-state index contributed by atoms with van der Waals surface area (Å²) in [6, 6.07) is -1.15. The van der Waals surface area contributed by atoms with Crippen LogP contribution in [0.5, 0.6) is 0 Å². The third kappa shape index (κ3) is 4.08. The summed E-state index contributed by atoms with van der Waals surface area (Å²) in [6.07, 6.45) is 2.34. The van der Waals surface area contributed by atoms with Crippen molar-refractivity contribution in [2.75, 3.05) is 6.54 Å². The van der Waals surface area contributed by atoms with Gasteiger partial charge in [0.15, 0.2) is 0 Å². The van der Waals surface area contributed by atoms with E-state index in [9.17, 15) is 9.59 Å². The van der Waals surface area contributed by atoms with E-state index in [1.165, 1.54) is 0 Å². The second-order valence-electron chi connectivity index (χ2n) is 4.51. The molecule has 0 aromatic carbocycles. The fourth-order valence-corrected chi connectivity index (χ4v) is 1.66. The molecule has 16 heavy (non-hydrogen) atoms. The van der Waals surface area contributed by atoms with Crippen molar-refractivity contribution in [1.29, 1.82) is 0 Å². The number of carboxylic acids is 1. The molecule has 2 amide bonds. The van der Waals surface area contributed by atoms with E-state index in [0.29, 0.717) is 24.8 Å². The van der Waals surface area contributed by atoms with Gasteiger partial charge in [-0.15, -0.1) is 0 Å². The van der Waals surface area contributed by atoms with Crippen molar-refractivity contribution in [3.8, 4) is 0 Å². The lowest BCUT2D eigenvalue weighted by Gasteiger charge is -2.14. The molecule has 1 aliphatic carbocycles. The zero-order valence-corrected chi connectivity index (χ0v) is 9.82. The van der Waals surface area contributed by atoms with E-state index in [-0.39, 0.29) is 6.03 Å². The van der Waals surface area contributed by atoms with Crippen LogP contribution >= 0.6 is 0 Å². The van der Waals surface area contributed by atoms with Gasteiger partial charge in [0.1, 0.15) is 6.04 Å². The summed E-state index contributed by atoms with van der Waals surface area (Å²) in [5, 5.41) is 14.0. The number of rotatable bonds is 6. The van der Waals surface area contributed by atoms with Gasteiger partial charge in [-0.25, -0.2) is 9.59 Å². The van der Waals surface area contributed by atoms with Crippen molar-refractivity contribution < 1.29 is 14.7 Å². The lowest BCUT2D eigenvalue weighted by molar-refractivity contribution is -0.139. The molecular weight excluding hydrogens is 208 g/mol. The molecule has 5 nitrogen and oxygen atoms in total. The van der Waals surface area contributed by atoms with E-state index in [1.807, 2.05) is 6.92 Å². The molecule has 1 aliphatic rings. The van der Waals surface area contributed by atoms with Crippen LogP contribution in [0.2, 0.25) is 0 Å². The van der Waals surface area contributed by atoms with Crippen molar-refractivity contribution >= 4 is 12.0 Å². The van der Waals surface area contributed by atoms with Crippen molar-refractivity contribution in [3.05, 3.63) is 0 Å². The molecule has 1 fully saturated rings. The average molecular weight is 228 g/mol. The molecule has 0 aliphatic heterocycles. The SMILES string of the molecule is CCC[C@H](NC(=O)NCC1CC1C)C(=O)O. The molecule has 1 saturated carbocycles. The van der Waals surface area contributed by atoms with Crippen LogP contribution < -0.4 is 10.6 Å². The zero-order chi connectivity index (χ0) is 12.1. The smallest absolute Gasteiger partial charge is 0.326 e. The molecule has 1 rings (SSSR count). The fourth-order valence-electron chi connectivity index (χ4n) is 1.66. The summed E-state index contributed by atoms with van der Waals surface area (Å²) in [4.78, 5) is 22.2. The van der Waals surface area contributed by atoms with Gasteiger partial charge in [-0.2, -0.15) is 0 Å². The highest BCUT2D eigenvalue weighted by atomic mass is 16.4. The number of carboxylic acid groups (broad SMARTS) is 1. The van der Waals surface area contributed by atoms with Gasteiger partial charge < -0.3 is 15.7 Å². The Kier molecular flexibility index (Phi) is 4.58. The number of carbonyl (C=O) groups is 2. The van der Waals surface area contributed by atoms with Crippen LogP contribution in [-0.2, 0) is 4.79 Å². The third-order valence-electron chi connectivity index (χ3n) is 2.98. The normalized spacial score (nSPS) is 24.6. The number of carbonyl (C=O) groups excluding carboxylic acids is 1. The maximum Gasteiger partial charge on any atom is 0.326 e. The molecule has 2 unspecified atom stereocenters. The first-order chi connectivity index (χ1) is 7.54. The Morgan fingerprint density at radius 2 is 2.12 bits per heavy atom. The second-order valence-corrected chi connectivity index (χ2v) is 4.51. The number of urea groups is 1. The van der Waals surface area contributed by atoms with Gasteiger partial charge >= 0.3 is 12.0 Å². The Morgan fingerprint density at radius 1 is 1.50 bits per heavy atom. The average Bonchev–Trinajstić information content (AvgIpc) is 2.91.